The summed E-state index contributed by atoms with van der Waals surface area (Å²) in [5.74, 6) is 1.82. The van der Waals surface area contributed by atoms with Gasteiger partial charge in [-0.2, -0.15) is 0 Å². The molecule has 0 aliphatic carbocycles. The lowest BCUT2D eigenvalue weighted by Gasteiger charge is -2.00. The maximum Gasteiger partial charge on any atom is 0.120 e. The molecule has 0 unspecified atom stereocenters. The molecule has 92 valence electrons. The van der Waals surface area contributed by atoms with E-state index in [-0.39, 0.29) is 0 Å². The van der Waals surface area contributed by atoms with Crippen LogP contribution in [0.4, 0.5) is 0 Å². The van der Waals surface area contributed by atoms with Gasteiger partial charge in [0, 0.05) is 0 Å². The number of hydrogen-bond donors (Lipinski definition) is 0. The van der Waals surface area contributed by atoms with Crippen LogP contribution in [0.25, 0.3) is 0 Å². The zero-order valence-electron chi connectivity index (χ0n) is 10.7. The number of rotatable bonds is 11. The summed E-state index contributed by atoms with van der Waals surface area (Å²) in [5.41, 5.74) is 0. The second-order valence-corrected chi connectivity index (χ2v) is 4.30. The topological polar surface area (TPSA) is 17.1 Å². The molecule has 0 saturated carbocycles. The monoisotopic (exact) mass is 222 g/mol. The van der Waals surface area contributed by atoms with Gasteiger partial charge >= 0.3 is 0 Å². The van der Waals surface area contributed by atoms with E-state index in [0.717, 1.165) is 12.8 Å². The maximum atomic E-state index is 9.90. The quantitative estimate of drug-likeness (QED) is 0.277. The van der Waals surface area contributed by atoms with Crippen molar-refractivity contribution in [1.29, 1.82) is 0 Å². The van der Waals surface area contributed by atoms with E-state index in [9.17, 15) is 4.79 Å². The van der Waals surface area contributed by atoms with E-state index >= 15 is 0 Å². The minimum absolute atomic E-state index is 0.910. The molecule has 0 bridgehead atoms. The van der Waals surface area contributed by atoms with Gasteiger partial charge in [0.05, 0.1) is 0 Å². The smallest absolute Gasteiger partial charge is 0.120 e. The van der Waals surface area contributed by atoms with Gasteiger partial charge in [0.25, 0.3) is 0 Å². The van der Waals surface area contributed by atoms with Crippen molar-refractivity contribution in [2.45, 2.75) is 71.1 Å². The van der Waals surface area contributed by atoms with E-state index in [2.05, 4.69) is 19.1 Å². The van der Waals surface area contributed by atoms with E-state index < -0.39 is 0 Å². The van der Waals surface area contributed by atoms with E-state index in [1.807, 2.05) is 5.94 Å². The molecule has 0 radical (unpaired) electrons. The lowest BCUT2D eigenvalue weighted by Crippen LogP contribution is -1.81. The summed E-state index contributed by atoms with van der Waals surface area (Å²) in [4.78, 5) is 9.90. The van der Waals surface area contributed by atoms with Gasteiger partial charge in [-0.05, 0) is 38.7 Å². The minimum atomic E-state index is 0.910. The molecule has 16 heavy (non-hydrogen) atoms. The lowest BCUT2D eigenvalue weighted by atomic mass is 10.1. The summed E-state index contributed by atoms with van der Waals surface area (Å²) in [6.07, 6.45) is 18.7. The van der Waals surface area contributed by atoms with Gasteiger partial charge < -0.3 is 0 Å². The summed E-state index contributed by atoms with van der Waals surface area (Å²) in [6.45, 7) is 2.08. The molecule has 0 aromatic carbocycles. The Labute approximate surface area is 101 Å². The van der Waals surface area contributed by atoms with E-state index in [4.69, 9.17) is 0 Å². The molecule has 1 nitrogen and oxygen atoms in total. The summed E-state index contributed by atoms with van der Waals surface area (Å²) in [6, 6.07) is 0. The van der Waals surface area contributed by atoms with Gasteiger partial charge in [0.2, 0.25) is 0 Å². The van der Waals surface area contributed by atoms with Crippen LogP contribution in [0, 0.1) is 0 Å². The third-order valence-electron chi connectivity index (χ3n) is 2.79. The second-order valence-electron chi connectivity index (χ2n) is 4.30. The molecular formula is C15H26O. The van der Waals surface area contributed by atoms with E-state index in [1.165, 1.54) is 51.4 Å². The van der Waals surface area contributed by atoms with Gasteiger partial charge in [-0.3, -0.25) is 0 Å². The molecule has 1 heteroatoms. The van der Waals surface area contributed by atoms with Crippen LogP contribution in [-0.2, 0) is 4.79 Å². The highest BCUT2D eigenvalue weighted by Crippen LogP contribution is 2.10. The largest absolute Gasteiger partial charge is 0.234 e. The van der Waals surface area contributed by atoms with Crippen LogP contribution in [0.3, 0.4) is 0 Å². The molecule has 0 N–H and O–H groups in total. The predicted molar refractivity (Wildman–Crippen MR) is 71.2 cm³/mol. The SMILES string of the molecule is CC=CCCCCCCCCCCC=C=O. The third-order valence-corrected chi connectivity index (χ3v) is 2.79. The molecular weight excluding hydrogens is 196 g/mol. The molecule has 0 rings (SSSR count). The standard InChI is InChI=1S/C15H26O/c1-2-3-4-5-6-7-8-9-10-11-12-13-14-15-16/h2-3,14H,4-13H2,1H3. The first-order chi connectivity index (χ1) is 7.91. The molecule has 0 saturated heterocycles. The van der Waals surface area contributed by atoms with Crippen LogP contribution < -0.4 is 0 Å². The van der Waals surface area contributed by atoms with Crippen molar-refractivity contribution < 1.29 is 4.79 Å². The first-order valence-electron chi connectivity index (χ1n) is 6.72. The van der Waals surface area contributed by atoms with Crippen LogP contribution in [0.5, 0.6) is 0 Å². The van der Waals surface area contributed by atoms with Gasteiger partial charge in [-0.15, -0.1) is 0 Å². The summed E-state index contributed by atoms with van der Waals surface area (Å²) in [7, 11) is 0. The van der Waals surface area contributed by atoms with Gasteiger partial charge in [0.1, 0.15) is 5.94 Å². The van der Waals surface area contributed by atoms with Gasteiger partial charge in [-0.1, -0.05) is 50.7 Å². The zero-order valence-corrected chi connectivity index (χ0v) is 10.7. The number of allylic oxidation sites excluding steroid dienone is 3. The number of unbranched alkanes of at least 4 members (excludes halogenated alkanes) is 9. The fourth-order valence-corrected chi connectivity index (χ4v) is 1.79. The van der Waals surface area contributed by atoms with Crippen LogP contribution in [0.1, 0.15) is 71.1 Å². The summed E-state index contributed by atoms with van der Waals surface area (Å²) >= 11 is 0. The Bertz CT molecular complexity index is 199. The molecule has 0 heterocycles. The van der Waals surface area contributed by atoms with Crippen molar-refractivity contribution in [3.05, 3.63) is 18.2 Å². The normalized spacial score (nSPS) is 10.6. The van der Waals surface area contributed by atoms with E-state index in [1.54, 1.807) is 6.08 Å². The Morgan fingerprint density at radius 3 is 1.81 bits per heavy atom. The Morgan fingerprint density at radius 1 is 0.812 bits per heavy atom. The molecule has 0 spiro atoms. The van der Waals surface area contributed by atoms with Gasteiger partial charge in [0.15, 0.2) is 0 Å². The predicted octanol–water partition coefficient (Wildman–Crippen LogP) is 4.85. The van der Waals surface area contributed by atoms with Crippen molar-refractivity contribution in [1.82, 2.24) is 0 Å². The van der Waals surface area contributed by atoms with E-state index in [0.29, 0.717) is 0 Å². The van der Waals surface area contributed by atoms with Crippen molar-refractivity contribution in [3.63, 3.8) is 0 Å². The van der Waals surface area contributed by atoms with Crippen LogP contribution in [-0.4, -0.2) is 5.94 Å². The molecule has 0 fully saturated rings. The Hall–Kier alpha value is -0.810. The Morgan fingerprint density at radius 2 is 1.31 bits per heavy atom. The average Bonchev–Trinajstić information content (AvgIpc) is 2.31. The average molecular weight is 222 g/mol. The molecule has 0 aliphatic heterocycles. The maximum absolute atomic E-state index is 9.90. The van der Waals surface area contributed by atoms with Crippen molar-refractivity contribution in [2.75, 3.05) is 0 Å². The van der Waals surface area contributed by atoms with Gasteiger partial charge in [-0.25, -0.2) is 4.79 Å². The van der Waals surface area contributed by atoms with Crippen LogP contribution in [0.2, 0.25) is 0 Å². The van der Waals surface area contributed by atoms with Crippen molar-refractivity contribution in [2.24, 2.45) is 0 Å². The lowest BCUT2D eigenvalue weighted by molar-refractivity contribution is 0.563. The van der Waals surface area contributed by atoms with Crippen molar-refractivity contribution >= 4 is 5.94 Å². The Balaban J connectivity index is 2.95. The summed E-state index contributed by atoms with van der Waals surface area (Å²) in [5, 5.41) is 0. The number of hydrogen-bond acceptors (Lipinski definition) is 1. The first-order valence-corrected chi connectivity index (χ1v) is 6.72. The molecule has 0 aromatic rings. The summed E-state index contributed by atoms with van der Waals surface area (Å²) < 4.78 is 0. The molecule has 0 amide bonds. The first kappa shape index (κ1) is 15.2. The Kier molecular flexibility index (Phi) is 13.5. The second kappa shape index (κ2) is 14.2. The molecule has 0 aliphatic rings. The van der Waals surface area contributed by atoms with Crippen LogP contribution >= 0.6 is 0 Å². The minimum Gasteiger partial charge on any atom is -0.234 e. The zero-order chi connectivity index (χ0) is 11.9. The highest BCUT2D eigenvalue weighted by Gasteiger charge is 1.91. The number of carbonyl (C=O) groups excluding carboxylic acids is 1. The fourth-order valence-electron chi connectivity index (χ4n) is 1.79. The molecule has 0 aromatic heterocycles. The fraction of sp³-hybridized carbons (Fsp3) is 0.733. The highest BCUT2D eigenvalue weighted by atomic mass is 16.1. The molecule has 0 atom stereocenters. The van der Waals surface area contributed by atoms with Crippen molar-refractivity contribution in [3.8, 4) is 0 Å². The van der Waals surface area contributed by atoms with Crippen LogP contribution in [0.15, 0.2) is 18.2 Å². The highest BCUT2D eigenvalue weighted by molar-refractivity contribution is 5.44. The third kappa shape index (κ3) is 13.2.